The van der Waals surface area contributed by atoms with Crippen LogP contribution in [0.2, 0.25) is 0 Å². The lowest BCUT2D eigenvalue weighted by Crippen LogP contribution is -2.24. The molecule has 90 valence electrons. The second-order valence-electron chi connectivity index (χ2n) is 3.28. The first-order valence-electron chi connectivity index (χ1n) is 4.92. The van der Waals surface area contributed by atoms with Gasteiger partial charge in [-0.25, -0.2) is 13.1 Å². The van der Waals surface area contributed by atoms with E-state index in [1.807, 2.05) is 0 Å². The van der Waals surface area contributed by atoms with Gasteiger partial charge in [-0.2, -0.15) is 0 Å². The first kappa shape index (κ1) is 13.6. The van der Waals surface area contributed by atoms with Gasteiger partial charge < -0.3 is 5.11 Å². The Balaban J connectivity index is 2.60. The van der Waals surface area contributed by atoms with Crippen LogP contribution in [0.1, 0.15) is 12.8 Å². The Hall–Kier alpha value is -0.430. The average Bonchev–Trinajstić information content (AvgIpc) is 2.25. The Morgan fingerprint density at radius 1 is 1.19 bits per heavy atom. The van der Waals surface area contributed by atoms with Gasteiger partial charge in [0.05, 0.1) is 4.90 Å². The first-order valence-corrected chi connectivity index (χ1v) is 7.20. The lowest BCUT2D eigenvalue weighted by atomic mass is 10.3. The maximum atomic E-state index is 11.7. The lowest BCUT2D eigenvalue weighted by molar-refractivity contribution is 0.285. The van der Waals surface area contributed by atoms with Gasteiger partial charge in [0.1, 0.15) is 0 Å². The zero-order chi connectivity index (χ0) is 12.0. The average molecular weight is 308 g/mol. The number of nitrogens with one attached hydrogen (secondary N) is 1. The molecule has 0 saturated carbocycles. The van der Waals surface area contributed by atoms with Gasteiger partial charge in [0, 0.05) is 17.6 Å². The van der Waals surface area contributed by atoms with Crippen LogP contribution in [0.4, 0.5) is 0 Å². The fourth-order valence-electron chi connectivity index (χ4n) is 1.14. The van der Waals surface area contributed by atoms with E-state index < -0.39 is 10.0 Å². The van der Waals surface area contributed by atoms with Crippen LogP contribution in [0.25, 0.3) is 0 Å². The van der Waals surface area contributed by atoms with Crippen molar-refractivity contribution in [3.63, 3.8) is 0 Å². The molecule has 0 unspecified atom stereocenters. The van der Waals surface area contributed by atoms with Crippen LogP contribution >= 0.6 is 15.9 Å². The van der Waals surface area contributed by atoms with Gasteiger partial charge in [-0.3, -0.25) is 0 Å². The Morgan fingerprint density at radius 2 is 1.81 bits per heavy atom. The van der Waals surface area contributed by atoms with Crippen molar-refractivity contribution < 1.29 is 13.5 Å². The molecule has 0 spiro atoms. The zero-order valence-corrected chi connectivity index (χ0v) is 11.1. The molecule has 0 aliphatic carbocycles. The molecular weight excluding hydrogens is 294 g/mol. The van der Waals surface area contributed by atoms with Crippen LogP contribution in [0.3, 0.4) is 0 Å². The van der Waals surface area contributed by atoms with Gasteiger partial charge in [-0.1, -0.05) is 15.9 Å². The van der Waals surface area contributed by atoms with E-state index >= 15 is 0 Å². The van der Waals surface area contributed by atoms with Gasteiger partial charge in [-0.05, 0) is 37.1 Å². The number of sulfonamides is 1. The molecule has 4 nitrogen and oxygen atoms in total. The largest absolute Gasteiger partial charge is 0.396 e. The van der Waals surface area contributed by atoms with E-state index in [1.54, 1.807) is 24.3 Å². The monoisotopic (exact) mass is 307 g/mol. The first-order chi connectivity index (χ1) is 7.56. The highest BCUT2D eigenvalue weighted by Gasteiger charge is 2.12. The predicted octanol–water partition coefficient (Wildman–Crippen LogP) is 1.50. The second-order valence-corrected chi connectivity index (χ2v) is 5.97. The molecule has 0 aromatic heterocycles. The summed E-state index contributed by atoms with van der Waals surface area (Å²) >= 11 is 3.24. The maximum absolute atomic E-state index is 11.7. The van der Waals surface area contributed by atoms with Crippen LogP contribution in [0, 0.1) is 0 Å². The maximum Gasteiger partial charge on any atom is 0.240 e. The van der Waals surface area contributed by atoms with E-state index in [4.69, 9.17) is 5.11 Å². The topological polar surface area (TPSA) is 66.4 Å². The van der Waals surface area contributed by atoms with Crippen LogP contribution in [0.5, 0.6) is 0 Å². The van der Waals surface area contributed by atoms with Crippen molar-refractivity contribution in [3.05, 3.63) is 28.7 Å². The molecule has 0 fully saturated rings. The Labute approximate surface area is 104 Å². The molecule has 2 N–H and O–H groups in total. The van der Waals surface area contributed by atoms with E-state index in [9.17, 15) is 8.42 Å². The minimum Gasteiger partial charge on any atom is -0.396 e. The molecule has 0 heterocycles. The van der Waals surface area contributed by atoms with Crippen molar-refractivity contribution in [2.24, 2.45) is 0 Å². The predicted molar refractivity (Wildman–Crippen MR) is 65.7 cm³/mol. The van der Waals surface area contributed by atoms with Crippen molar-refractivity contribution in [3.8, 4) is 0 Å². The van der Waals surface area contributed by atoms with Crippen LogP contribution in [-0.4, -0.2) is 26.7 Å². The molecule has 0 saturated heterocycles. The van der Waals surface area contributed by atoms with Crippen molar-refractivity contribution >= 4 is 26.0 Å². The molecule has 0 amide bonds. The molecule has 16 heavy (non-hydrogen) atoms. The van der Waals surface area contributed by atoms with E-state index in [1.165, 1.54) is 0 Å². The summed E-state index contributed by atoms with van der Waals surface area (Å²) < 4.78 is 26.8. The summed E-state index contributed by atoms with van der Waals surface area (Å²) in [7, 11) is -3.41. The van der Waals surface area contributed by atoms with Gasteiger partial charge in [0.15, 0.2) is 0 Å². The number of aliphatic hydroxyl groups excluding tert-OH is 1. The summed E-state index contributed by atoms with van der Waals surface area (Å²) in [6.07, 6.45) is 1.23. The highest BCUT2D eigenvalue weighted by Crippen LogP contribution is 2.14. The minimum atomic E-state index is -3.41. The van der Waals surface area contributed by atoms with Crippen LogP contribution < -0.4 is 4.72 Å². The fourth-order valence-corrected chi connectivity index (χ4v) is 2.48. The molecule has 0 atom stereocenters. The van der Waals surface area contributed by atoms with Crippen molar-refractivity contribution in [2.45, 2.75) is 17.7 Å². The fraction of sp³-hybridized carbons (Fsp3) is 0.400. The molecule has 0 aliphatic rings. The summed E-state index contributed by atoms with van der Waals surface area (Å²) in [6, 6.07) is 6.45. The summed E-state index contributed by atoms with van der Waals surface area (Å²) in [5.74, 6) is 0. The lowest BCUT2D eigenvalue weighted by Gasteiger charge is -2.06. The molecule has 0 aliphatic heterocycles. The third-order valence-corrected chi connectivity index (χ3v) is 4.01. The number of benzene rings is 1. The van der Waals surface area contributed by atoms with Gasteiger partial charge in [0.2, 0.25) is 10.0 Å². The summed E-state index contributed by atoms with van der Waals surface area (Å²) in [4.78, 5) is 0.250. The highest BCUT2D eigenvalue weighted by atomic mass is 79.9. The number of halogens is 1. The number of hydrogen-bond acceptors (Lipinski definition) is 3. The minimum absolute atomic E-state index is 0.0833. The number of rotatable bonds is 6. The number of unbranched alkanes of at least 4 members (excludes halogenated alkanes) is 1. The smallest absolute Gasteiger partial charge is 0.240 e. The molecule has 6 heteroatoms. The van der Waals surface area contributed by atoms with Crippen LogP contribution in [-0.2, 0) is 10.0 Å². The zero-order valence-electron chi connectivity index (χ0n) is 8.69. The molecule has 1 aromatic carbocycles. The molecule has 1 aromatic rings. The Morgan fingerprint density at radius 3 is 2.38 bits per heavy atom. The van der Waals surface area contributed by atoms with E-state index in [0.717, 1.165) is 4.47 Å². The Bertz CT molecular complexity index is 416. The third kappa shape index (κ3) is 4.21. The second kappa shape index (κ2) is 6.34. The van der Waals surface area contributed by atoms with Gasteiger partial charge in [-0.15, -0.1) is 0 Å². The number of hydrogen-bond donors (Lipinski definition) is 2. The summed E-state index contributed by atoms with van der Waals surface area (Å²) in [6.45, 7) is 0.430. The van der Waals surface area contributed by atoms with E-state index in [-0.39, 0.29) is 11.5 Å². The van der Waals surface area contributed by atoms with Crippen molar-refractivity contribution in [2.75, 3.05) is 13.2 Å². The molecule has 1 rings (SSSR count). The SMILES string of the molecule is O=S(=O)(NCCCCO)c1ccc(Br)cc1. The molecular formula is C10H14BrNO3S. The van der Waals surface area contributed by atoms with Gasteiger partial charge >= 0.3 is 0 Å². The van der Waals surface area contributed by atoms with Crippen molar-refractivity contribution in [1.82, 2.24) is 4.72 Å². The van der Waals surface area contributed by atoms with Gasteiger partial charge in [0.25, 0.3) is 0 Å². The van der Waals surface area contributed by atoms with Crippen molar-refractivity contribution in [1.29, 1.82) is 0 Å². The van der Waals surface area contributed by atoms with E-state index in [2.05, 4.69) is 20.7 Å². The summed E-state index contributed by atoms with van der Waals surface area (Å²) in [5, 5.41) is 8.56. The third-order valence-electron chi connectivity index (χ3n) is 2.00. The molecule has 0 bridgehead atoms. The van der Waals surface area contributed by atoms with E-state index in [0.29, 0.717) is 19.4 Å². The normalized spacial score (nSPS) is 11.6. The summed E-state index contributed by atoms with van der Waals surface area (Å²) in [5.41, 5.74) is 0. The number of aliphatic hydroxyl groups is 1. The standard InChI is InChI=1S/C10H14BrNO3S/c11-9-3-5-10(6-4-9)16(14,15)12-7-1-2-8-13/h3-6,12-13H,1-2,7-8H2. The Kier molecular flexibility index (Phi) is 5.40. The van der Waals surface area contributed by atoms with Crippen LogP contribution in [0.15, 0.2) is 33.6 Å². The highest BCUT2D eigenvalue weighted by molar-refractivity contribution is 9.10. The molecule has 0 radical (unpaired) electrons. The quantitative estimate of drug-likeness (QED) is 0.783.